The van der Waals surface area contributed by atoms with Crippen LogP contribution < -0.4 is 21.7 Å². The molecular weight excluding hydrogens is 341 g/mol. The van der Waals surface area contributed by atoms with E-state index >= 15 is 0 Å². The predicted molar refractivity (Wildman–Crippen MR) is 96.0 cm³/mol. The number of nitrogens with one attached hydrogen (secondary N) is 3. The van der Waals surface area contributed by atoms with Crippen molar-refractivity contribution < 1.29 is 4.39 Å². The van der Waals surface area contributed by atoms with Crippen LogP contribution in [0.5, 0.6) is 0 Å². The summed E-state index contributed by atoms with van der Waals surface area (Å²) in [6.45, 7) is 1.08. The molecule has 0 amide bonds. The highest BCUT2D eigenvalue weighted by atomic mass is 35.5. The van der Waals surface area contributed by atoms with E-state index in [4.69, 9.17) is 17.3 Å². The minimum Gasteiger partial charge on any atom is -0.380 e. The van der Waals surface area contributed by atoms with Crippen LogP contribution in [0.4, 0.5) is 4.39 Å². The normalized spacial score (nSPS) is 27.1. The first-order valence-corrected chi connectivity index (χ1v) is 8.68. The van der Waals surface area contributed by atoms with E-state index in [0.717, 1.165) is 24.1 Å². The highest BCUT2D eigenvalue weighted by Gasteiger charge is 2.32. The molecule has 0 bridgehead atoms. The van der Waals surface area contributed by atoms with Crippen LogP contribution in [0.15, 0.2) is 42.1 Å². The van der Waals surface area contributed by atoms with Crippen LogP contribution in [0.25, 0.3) is 0 Å². The number of nitrogens with two attached hydrogens (primary N) is 1. The van der Waals surface area contributed by atoms with Crippen molar-refractivity contribution >= 4 is 11.6 Å². The quantitative estimate of drug-likeness (QED) is 0.658. The van der Waals surface area contributed by atoms with Gasteiger partial charge in [-0.3, -0.25) is 5.32 Å². The average molecular weight is 362 g/mol. The number of nitriles is 1. The Labute approximate surface area is 151 Å². The van der Waals surface area contributed by atoms with E-state index in [1.807, 2.05) is 12.3 Å². The van der Waals surface area contributed by atoms with Gasteiger partial charge < -0.3 is 16.4 Å². The zero-order valence-corrected chi connectivity index (χ0v) is 14.4. The van der Waals surface area contributed by atoms with Gasteiger partial charge in [-0.1, -0.05) is 23.7 Å². The van der Waals surface area contributed by atoms with E-state index in [-0.39, 0.29) is 29.2 Å². The van der Waals surface area contributed by atoms with Crippen molar-refractivity contribution in [3.05, 3.63) is 58.5 Å². The maximum atomic E-state index is 13.5. The molecule has 2 heterocycles. The number of nitrogens with zero attached hydrogens (tertiary/aromatic N) is 1. The smallest absolute Gasteiger partial charge is 0.141 e. The minimum atomic E-state index is -0.429. The molecule has 2 aliphatic rings. The number of allylic oxidation sites excluding steroid dienone is 2. The molecule has 0 saturated carbocycles. The number of rotatable bonds is 4. The molecule has 0 aromatic heterocycles. The second kappa shape index (κ2) is 7.98. The van der Waals surface area contributed by atoms with Crippen molar-refractivity contribution in [1.29, 1.82) is 5.26 Å². The summed E-state index contributed by atoms with van der Waals surface area (Å²) in [6.07, 6.45) is 6.59. The number of dihydropyridines is 1. The van der Waals surface area contributed by atoms with Gasteiger partial charge in [-0.25, -0.2) is 4.39 Å². The Morgan fingerprint density at radius 3 is 3.00 bits per heavy atom. The van der Waals surface area contributed by atoms with Crippen molar-refractivity contribution in [2.45, 2.75) is 24.7 Å². The van der Waals surface area contributed by atoms with E-state index in [2.05, 4.69) is 28.1 Å². The van der Waals surface area contributed by atoms with Gasteiger partial charge in [0.05, 0.1) is 29.2 Å². The van der Waals surface area contributed by atoms with Gasteiger partial charge in [-0.2, -0.15) is 5.26 Å². The lowest BCUT2D eigenvalue weighted by Crippen LogP contribution is -2.59. The number of hydrogen-bond acceptors (Lipinski definition) is 5. The fourth-order valence-corrected chi connectivity index (χ4v) is 3.52. The largest absolute Gasteiger partial charge is 0.380 e. The summed E-state index contributed by atoms with van der Waals surface area (Å²) in [5.41, 5.74) is 7.72. The van der Waals surface area contributed by atoms with Gasteiger partial charge in [-0.15, -0.1) is 0 Å². The van der Waals surface area contributed by atoms with Crippen molar-refractivity contribution in [2.75, 3.05) is 13.1 Å². The molecule has 5 nitrogen and oxygen atoms in total. The van der Waals surface area contributed by atoms with E-state index < -0.39 is 5.82 Å². The van der Waals surface area contributed by atoms with Crippen LogP contribution in [-0.4, -0.2) is 25.3 Å². The van der Waals surface area contributed by atoms with Gasteiger partial charge in [0.1, 0.15) is 5.82 Å². The van der Waals surface area contributed by atoms with Crippen molar-refractivity contribution in [1.82, 2.24) is 16.0 Å². The van der Waals surface area contributed by atoms with Gasteiger partial charge in [0.15, 0.2) is 0 Å². The molecule has 3 rings (SSSR count). The molecule has 25 heavy (non-hydrogen) atoms. The Bertz CT molecular complexity index is 727. The molecule has 4 atom stereocenters. The van der Waals surface area contributed by atoms with Crippen LogP contribution in [0.2, 0.25) is 5.02 Å². The number of benzene rings is 1. The van der Waals surface area contributed by atoms with Crippen molar-refractivity contribution in [3.8, 4) is 6.07 Å². The summed E-state index contributed by atoms with van der Waals surface area (Å²) in [5, 5.41) is 19.5. The maximum Gasteiger partial charge on any atom is 0.141 e. The van der Waals surface area contributed by atoms with Crippen LogP contribution in [-0.2, 0) is 0 Å². The van der Waals surface area contributed by atoms with Crippen molar-refractivity contribution in [3.63, 3.8) is 0 Å². The Morgan fingerprint density at radius 1 is 1.44 bits per heavy atom. The summed E-state index contributed by atoms with van der Waals surface area (Å²) in [4.78, 5) is 0. The SMILES string of the molecule is N#CC(CN)C1NCCC(C2=CC=CNC2c2ccc(F)c(Cl)c2)N1. The third kappa shape index (κ3) is 3.86. The Kier molecular flexibility index (Phi) is 5.71. The summed E-state index contributed by atoms with van der Waals surface area (Å²) in [5.74, 6) is -0.726. The summed E-state index contributed by atoms with van der Waals surface area (Å²) in [7, 11) is 0. The second-order valence-corrected chi connectivity index (χ2v) is 6.62. The van der Waals surface area contributed by atoms with Gasteiger partial charge in [0.2, 0.25) is 0 Å². The molecular formula is C18H21ClFN5. The summed E-state index contributed by atoms with van der Waals surface area (Å²) >= 11 is 5.95. The monoisotopic (exact) mass is 361 g/mol. The fourth-order valence-electron chi connectivity index (χ4n) is 3.33. The zero-order chi connectivity index (χ0) is 17.8. The molecule has 132 valence electrons. The molecule has 7 heteroatoms. The highest BCUT2D eigenvalue weighted by Crippen LogP contribution is 2.31. The molecule has 0 radical (unpaired) electrons. The van der Waals surface area contributed by atoms with E-state index in [0.29, 0.717) is 6.54 Å². The molecule has 1 aromatic carbocycles. The van der Waals surface area contributed by atoms with E-state index in [1.54, 1.807) is 12.1 Å². The van der Waals surface area contributed by atoms with Crippen LogP contribution in [0, 0.1) is 23.1 Å². The van der Waals surface area contributed by atoms with Crippen LogP contribution >= 0.6 is 11.6 Å². The second-order valence-electron chi connectivity index (χ2n) is 6.21. The molecule has 1 aromatic rings. The lowest BCUT2D eigenvalue weighted by Gasteiger charge is -2.38. The zero-order valence-electron chi connectivity index (χ0n) is 13.7. The Balaban J connectivity index is 1.83. The molecule has 5 N–H and O–H groups in total. The van der Waals surface area contributed by atoms with Gasteiger partial charge >= 0.3 is 0 Å². The van der Waals surface area contributed by atoms with E-state index in [1.165, 1.54) is 6.07 Å². The average Bonchev–Trinajstić information content (AvgIpc) is 2.65. The highest BCUT2D eigenvalue weighted by molar-refractivity contribution is 6.30. The molecule has 1 saturated heterocycles. The minimum absolute atomic E-state index is 0.0833. The molecule has 0 aliphatic carbocycles. The van der Waals surface area contributed by atoms with Gasteiger partial charge in [0, 0.05) is 12.6 Å². The first kappa shape index (κ1) is 17.9. The van der Waals surface area contributed by atoms with Crippen LogP contribution in [0.1, 0.15) is 18.0 Å². The molecule has 1 fully saturated rings. The summed E-state index contributed by atoms with van der Waals surface area (Å²) in [6, 6.07) is 7.00. The predicted octanol–water partition coefficient (Wildman–Crippen LogP) is 1.94. The lowest BCUT2D eigenvalue weighted by atomic mass is 9.88. The summed E-state index contributed by atoms with van der Waals surface area (Å²) < 4.78 is 13.5. The third-order valence-electron chi connectivity index (χ3n) is 4.66. The van der Waals surface area contributed by atoms with E-state index in [9.17, 15) is 9.65 Å². The first-order valence-electron chi connectivity index (χ1n) is 8.30. The molecule has 2 aliphatic heterocycles. The van der Waals surface area contributed by atoms with Gasteiger partial charge in [0.25, 0.3) is 0 Å². The number of halogens is 2. The number of hydrogen-bond donors (Lipinski definition) is 4. The Morgan fingerprint density at radius 2 is 2.28 bits per heavy atom. The molecule has 0 spiro atoms. The Hall–Kier alpha value is -1.91. The fraction of sp³-hybridized carbons (Fsp3) is 0.389. The van der Waals surface area contributed by atoms with Crippen molar-refractivity contribution in [2.24, 2.45) is 11.7 Å². The lowest BCUT2D eigenvalue weighted by molar-refractivity contribution is 0.269. The third-order valence-corrected chi connectivity index (χ3v) is 4.95. The topological polar surface area (TPSA) is 85.9 Å². The maximum absolute atomic E-state index is 13.5. The standard InChI is InChI=1S/C18H21ClFN5/c19-14-8-11(3-4-15(14)20)17-13(2-1-6-23-17)16-5-7-24-18(25-16)12(9-21)10-22/h1-4,6,8,12,16-18,23-25H,5,7,9,21H2. The van der Waals surface area contributed by atoms with Gasteiger partial charge in [-0.05, 0) is 48.5 Å². The van der Waals surface area contributed by atoms with Crippen LogP contribution in [0.3, 0.4) is 0 Å². The first-order chi connectivity index (χ1) is 12.1. The molecule has 4 unspecified atom stereocenters.